The summed E-state index contributed by atoms with van der Waals surface area (Å²) in [5, 5.41) is 13.8. The molecule has 1 aliphatic heterocycles. The van der Waals surface area contributed by atoms with Crippen molar-refractivity contribution >= 4 is 16.8 Å². The molecule has 0 spiro atoms. The average molecular weight is 540 g/mol. The van der Waals surface area contributed by atoms with Gasteiger partial charge in [-0.1, -0.05) is 19.9 Å². The van der Waals surface area contributed by atoms with E-state index in [0.717, 1.165) is 29.6 Å². The molecule has 3 N–H and O–H groups in total. The average Bonchev–Trinajstić information content (AvgIpc) is 3.31. The molecular weight excluding hydrogens is 497 g/mol. The van der Waals surface area contributed by atoms with Crippen LogP contribution in [-0.2, 0) is 4.79 Å². The summed E-state index contributed by atoms with van der Waals surface area (Å²) in [6, 6.07) is 12.7. The summed E-state index contributed by atoms with van der Waals surface area (Å²) in [4.78, 5) is 18.1. The molecule has 2 aromatic carbocycles. The minimum Gasteiger partial charge on any atom is -0.493 e. The van der Waals surface area contributed by atoms with Crippen LogP contribution in [0.1, 0.15) is 63.5 Å². The number of likely N-dealkylation sites (tertiary alicyclic amines) is 1. The van der Waals surface area contributed by atoms with Gasteiger partial charge in [0.15, 0.2) is 11.5 Å². The first-order valence-corrected chi connectivity index (χ1v) is 13.8. The molecule has 0 aliphatic carbocycles. The minimum atomic E-state index is -1.43. The van der Waals surface area contributed by atoms with Crippen molar-refractivity contribution in [3.63, 3.8) is 0 Å². The van der Waals surface area contributed by atoms with Crippen molar-refractivity contribution in [3.8, 4) is 22.8 Å². The number of hydrogen-bond acceptors (Lipinski definition) is 5. The van der Waals surface area contributed by atoms with Gasteiger partial charge in [0.1, 0.15) is 6.17 Å². The molecule has 0 unspecified atom stereocenters. The predicted octanol–water partition coefficient (Wildman–Crippen LogP) is 5.38. The standard InChI is InChI=1S/C31H42FN3O4/c1-19(2)29-23-15-21(7-9-24(23)34-30(29)22-8-10-25(38-5)26(16-22)39-6)20-11-13-35(14-12-20)28(36)18-33-17-27(32)31(3,4)37/h7-10,15-16,19-20,27,33-34,37H,11-14,17-18H2,1-6H3/t27-/m1/s1. The highest BCUT2D eigenvalue weighted by Gasteiger charge is 2.28. The number of aromatic amines is 1. The van der Waals surface area contributed by atoms with Gasteiger partial charge in [-0.05, 0) is 80.0 Å². The monoisotopic (exact) mass is 539 g/mol. The molecule has 1 saturated heterocycles. The van der Waals surface area contributed by atoms with Crippen molar-refractivity contribution in [3.05, 3.63) is 47.5 Å². The summed E-state index contributed by atoms with van der Waals surface area (Å²) < 4.78 is 24.9. The minimum absolute atomic E-state index is 0.0286. The lowest BCUT2D eigenvalue weighted by Crippen LogP contribution is -2.46. The number of H-pyrrole nitrogens is 1. The Labute approximate surface area is 230 Å². The number of aromatic nitrogens is 1. The number of nitrogens with one attached hydrogen (secondary N) is 2. The fourth-order valence-electron chi connectivity index (χ4n) is 5.43. The van der Waals surface area contributed by atoms with Gasteiger partial charge in [-0.2, -0.15) is 0 Å². The number of halogens is 1. The number of fused-ring (bicyclic) bond motifs is 1. The van der Waals surface area contributed by atoms with E-state index in [1.54, 1.807) is 14.2 Å². The van der Waals surface area contributed by atoms with Gasteiger partial charge in [0.25, 0.3) is 0 Å². The van der Waals surface area contributed by atoms with Gasteiger partial charge in [0.2, 0.25) is 5.91 Å². The van der Waals surface area contributed by atoms with Crippen LogP contribution >= 0.6 is 0 Å². The number of rotatable bonds is 10. The lowest BCUT2D eigenvalue weighted by Gasteiger charge is -2.32. The summed E-state index contributed by atoms with van der Waals surface area (Å²) in [5.74, 6) is 2.05. The maximum absolute atomic E-state index is 13.9. The largest absolute Gasteiger partial charge is 0.493 e. The number of hydrogen-bond donors (Lipinski definition) is 3. The van der Waals surface area contributed by atoms with E-state index in [0.29, 0.717) is 36.4 Å². The highest BCUT2D eigenvalue weighted by molar-refractivity contribution is 5.92. The smallest absolute Gasteiger partial charge is 0.236 e. The molecule has 7 nitrogen and oxygen atoms in total. The molecule has 39 heavy (non-hydrogen) atoms. The predicted molar refractivity (Wildman–Crippen MR) is 154 cm³/mol. The molecule has 0 radical (unpaired) electrons. The molecule has 1 amide bonds. The Kier molecular flexibility index (Phi) is 8.86. The van der Waals surface area contributed by atoms with E-state index in [2.05, 4.69) is 48.4 Å². The van der Waals surface area contributed by atoms with Gasteiger partial charge in [-0.25, -0.2) is 4.39 Å². The van der Waals surface area contributed by atoms with Crippen LogP contribution in [0.2, 0.25) is 0 Å². The van der Waals surface area contributed by atoms with E-state index in [1.165, 1.54) is 30.4 Å². The first-order chi connectivity index (χ1) is 18.5. The summed E-state index contributed by atoms with van der Waals surface area (Å²) in [6.45, 7) is 8.66. The van der Waals surface area contributed by atoms with Crippen LogP contribution in [0.5, 0.6) is 11.5 Å². The van der Waals surface area contributed by atoms with Crippen molar-refractivity contribution in [2.45, 2.75) is 64.1 Å². The van der Waals surface area contributed by atoms with Crippen molar-refractivity contribution in [1.29, 1.82) is 0 Å². The Bertz CT molecular complexity index is 1290. The maximum atomic E-state index is 13.9. The Morgan fingerprint density at radius 1 is 1.13 bits per heavy atom. The van der Waals surface area contributed by atoms with Crippen LogP contribution in [0.3, 0.4) is 0 Å². The molecule has 2 heterocycles. The molecular formula is C31H42FN3O4. The van der Waals surface area contributed by atoms with Crippen molar-refractivity contribution in [2.24, 2.45) is 0 Å². The normalized spacial score (nSPS) is 15.7. The van der Waals surface area contributed by atoms with Crippen LogP contribution in [0.25, 0.3) is 22.2 Å². The van der Waals surface area contributed by atoms with Gasteiger partial charge in [0.05, 0.1) is 32.1 Å². The maximum Gasteiger partial charge on any atom is 0.236 e. The van der Waals surface area contributed by atoms with E-state index in [-0.39, 0.29) is 19.0 Å². The van der Waals surface area contributed by atoms with Crippen molar-refractivity contribution in [2.75, 3.05) is 40.4 Å². The number of ether oxygens (including phenoxy) is 2. The Hall–Kier alpha value is -3.10. The molecule has 0 saturated carbocycles. The summed E-state index contributed by atoms with van der Waals surface area (Å²) in [7, 11) is 3.29. The van der Waals surface area contributed by atoms with Gasteiger partial charge >= 0.3 is 0 Å². The lowest BCUT2D eigenvalue weighted by atomic mass is 9.87. The van der Waals surface area contributed by atoms with Gasteiger partial charge < -0.3 is 29.8 Å². The third-order valence-electron chi connectivity index (χ3n) is 7.80. The van der Waals surface area contributed by atoms with Crippen LogP contribution in [-0.4, -0.2) is 73.1 Å². The Morgan fingerprint density at radius 3 is 2.44 bits per heavy atom. The SMILES string of the molecule is COc1ccc(-c2[nH]c3ccc(C4CCN(C(=O)CNC[C@@H](F)C(C)(C)O)CC4)cc3c2C(C)C)cc1OC. The first-order valence-electron chi connectivity index (χ1n) is 13.8. The second kappa shape index (κ2) is 12.0. The molecule has 212 valence electrons. The summed E-state index contributed by atoms with van der Waals surface area (Å²) >= 11 is 0. The van der Waals surface area contributed by atoms with Crippen LogP contribution in [0, 0.1) is 0 Å². The number of alkyl halides is 1. The van der Waals surface area contributed by atoms with E-state index >= 15 is 0 Å². The molecule has 0 bridgehead atoms. The number of carbonyl (C=O) groups is 1. The fraction of sp³-hybridized carbons (Fsp3) is 0.516. The number of carbonyl (C=O) groups excluding carboxylic acids is 1. The Balaban J connectivity index is 1.47. The Morgan fingerprint density at radius 2 is 1.82 bits per heavy atom. The molecule has 8 heteroatoms. The van der Waals surface area contributed by atoms with E-state index in [1.807, 2.05) is 17.0 Å². The van der Waals surface area contributed by atoms with Crippen molar-refractivity contribution < 1.29 is 23.8 Å². The molecule has 1 aromatic heterocycles. The zero-order valence-corrected chi connectivity index (χ0v) is 23.9. The number of piperidine rings is 1. The number of methoxy groups -OCH3 is 2. The van der Waals surface area contributed by atoms with Gasteiger partial charge in [-0.15, -0.1) is 0 Å². The zero-order valence-electron chi connectivity index (χ0n) is 23.9. The van der Waals surface area contributed by atoms with Gasteiger partial charge in [-0.3, -0.25) is 4.79 Å². The molecule has 3 aromatic rings. The fourth-order valence-corrected chi connectivity index (χ4v) is 5.43. The van der Waals surface area contributed by atoms with Crippen LogP contribution in [0.4, 0.5) is 4.39 Å². The number of aliphatic hydroxyl groups is 1. The van der Waals surface area contributed by atoms with Crippen LogP contribution < -0.4 is 14.8 Å². The second-order valence-electron chi connectivity index (χ2n) is 11.4. The quantitative estimate of drug-likeness (QED) is 0.322. The molecule has 4 rings (SSSR count). The topological polar surface area (TPSA) is 86.8 Å². The lowest BCUT2D eigenvalue weighted by molar-refractivity contribution is -0.131. The second-order valence-corrected chi connectivity index (χ2v) is 11.4. The first kappa shape index (κ1) is 28.9. The highest BCUT2D eigenvalue weighted by Crippen LogP contribution is 2.40. The third kappa shape index (κ3) is 6.39. The number of nitrogens with zero attached hydrogens (tertiary/aromatic N) is 1. The number of amides is 1. The van der Waals surface area contributed by atoms with Crippen molar-refractivity contribution in [1.82, 2.24) is 15.2 Å². The molecule has 1 atom stereocenters. The number of benzene rings is 2. The highest BCUT2D eigenvalue weighted by atomic mass is 19.1. The summed E-state index contributed by atoms with van der Waals surface area (Å²) in [6.07, 6.45) is 0.343. The zero-order chi connectivity index (χ0) is 28.3. The molecule has 1 fully saturated rings. The van der Waals surface area contributed by atoms with E-state index < -0.39 is 11.8 Å². The van der Waals surface area contributed by atoms with Crippen LogP contribution in [0.15, 0.2) is 36.4 Å². The summed E-state index contributed by atoms with van der Waals surface area (Å²) in [5.41, 5.74) is 4.38. The van der Waals surface area contributed by atoms with Gasteiger partial charge in [0, 0.05) is 36.1 Å². The molecule has 1 aliphatic rings. The van der Waals surface area contributed by atoms with E-state index in [4.69, 9.17) is 9.47 Å². The van der Waals surface area contributed by atoms with E-state index in [9.17, 15) is 14.3 Å². The third-order valence-corrected chi connectivity index (χ3v) is 7.80.